The maximum atomic E-state index is 11.5. The minimum atomic E-state index is 0.191. The van der Waals surface area contributed by atoms with Gasteiger partial charge >= 0.3 is 0 Å². The Balaban J connectivity index is 1.42. The molecule has 2 aliphatic heterocycles. The fraction of sp³-hybridized carbons (Fsp3) is 0.412. The van der Waals surface area contributed by atoms with Gasteiger partial charge in [0.1, 0.15) is 6.26 Å². The number of aromatic nitrogens is 1. The minimum Gasteiger partial charge on any atom is -0.444 e. The Morgan fingerprint density at radius 1 is 1.27 bits per heavy atom. The first-order chi connectivity index (χ1) is 10.8. The van der Waals surface area contributed by atoms with Crippen molar-refractivity contribution in [1.82, 2.24) is 15.2 Å². The highest BCUT2D eigenvalue weighted by molar-refractivity contribution is 5.77. The molecule has 2 aliphatic rings. The summed E-state index contributed by atoms with van der Waals surface area (Å²) in [5.74, 6) is 1.44. The van der Waals surface area contributed by atoms with E-state index in [1.807, 2.05) is 30.3 Å². The highest BCUT2D eigenvalue weighted by Crippen LogP contribution is 2.27. The predicted molar refractivity (Wildman–Crippen MR) is 81.9 cm³/mol. The first kappa shape index (κ1) is 13.5. The lowest BCUT2D eigenvalue weighted by molar-refractivity contribution is -0.123. The van der Waals surface area contributed by atoms with Crippen molar-refractivity contribution in [2.75, 3.05) is 13.1 Å². The number of hydrogen-bond donors (Lipinski definition) is 1. The van der Waals surface area contributed by atoms with Crippen molar-refractivity contribution >= 4 is 5.91 Å². The van der Waals surface area contributed by atoms with Gasteiger partial charge in [-0.05, 0) is 24.5 Å². The molecule has 2 fully saturated rings. The summed E-state index contributed by atoms with van der Waals surface area (Å²) in [6, 6.07) is 10.2. The normalized spacial score (nSPS) is 25.0. The molecule has 5 heteroatoms. The van der Waals surface area contributed by atoms with Crippen LogP contribution in [0.2, 0.25) is 0 Å². The van der Waals surface area contributed by atoms with Crippen LogP contribution in [-0.4, -0.2) is 34.9 Å². The van der Waals surface area contributed by atoms with E-state index in [0.717, 1.165) is 37.3 Å². The lowest BCUT2D eigenvalue weighted by atomic mass is 9.94. The van der Waals surface area contributed by atoms with Gasteiger partial charge < -0.3 is 9.73 Å². The molecule has 114 valence electrons. The number of likely N-dealkylation sites (tertiary alicyclic amines) is 1. The van der Waals surface area contributed by atoms with E-state index in [1.165, 1.54) is 0 Å². The number of fused-ring (bicyclic) bond motifs is 1. The summed E-state index contributed by atoms with van der Waals surface area (Å²) >= 11 is 0. The van der Waals surface area contributed by atoms with E-state index in [0.29, 0.717) is 24.3 Å². The predicted octanol–water partition coefficient (Wildman–Crippen LogP) is 2.05. The number of nitrogens with zero attached hydrogens (tertiary/aromatic N) is 2. The quantitative estimate of drug-likeness (QED) is 0.942. The smallest absolute Gasteiger partial charge is 0.226 e. The van der Waals surface area contributed by atoms with Gasteiger partial charge in [-0.3, -0.25) is 9.69 Å². The summed E-state index contributed by atoms with van der Waals surface area (Å²) in [6.45, 7) is 2.71. The molecule has 2 aromatic rings. The van der Waals surface area contributed by atoms with Gasteiger partial charge in [0.2, 0.25) is 11.8 Å². The molecule has 3 heterocycles. The number of benzene rings is 1. The Labute approximate surface area is 129 Å². The summed E-state index contributed by atoms with van der Waals surface area (Å²) in [7, 11) is 0. The Morgan fingerprint density at radius 2 is 2.14 bits per heavy atom. The molecule has 2 unspecified atom stereocenters. The third-order valence-corrected chi connectivity index (χ3v) is 4.56. The maximum Gasteiger partial charge on any atom is 0.226 e. The van der Waals surface area contributed by atoms with Crippen LogP contribution in [-0.2, 0) is 11.3 Å². The van der Waals surface area contributed by atoms with Crippen LogP contribution in [0.3, 0.4) is 0 Å². The summed E-state index contributed by atoms with van der Waals surface area (Å²) < 4.78 is 5.59. The Bertz CT molecular complexity index is 668. The van der Waals surface area contributed by atoms with E-state index in [1.54, 1.807) is 6.26 Å². The molecule has 22 heavy (non-hydrogen) atoms. The largest absolute Gasteiger partial charge is 0.444 e. The molecule has 1 N–H and O–H groups in total. The highest BCUT2D eigenvalue weighted by Gasteiger charge is 2.36. The van der Waals surface area contributed by atoms with E-state index in [2.05, 4.69) is 15.2 Å². The second-order valence-corrected chi connectivity index (χ2v) is 6.18. The van der Waals surface area contributed by atoms with Crippen molar-refractivity contribution in [1.29, 1.82) is 0 Å². The standard InChI is InChI=1S/C17H19N3O2/c21-16-7-6-13-8-20(10-15(13)19-16)9-14-11-22-17(18-14)12-4-2-1-3-5-12/h1-5,11,13,15H,6-10H2,(H,19,21). The van der Waals surface area contributed by atoms with E-state index < -0.39 is 0 Å². The fourth-order valence-electron chi connectivity index (χ4n) is 3.46. The molecule has 0 radical (unpaired) electrons. The lowest BCUT2D eigenvalue weighted by Crippen LogP contribution is -2.44. The van der Waals surface area contributed by atoms with Crippen LogP contribution in [0, 0.1) is 5.92 Å². The van der Waals surface area contributed by atoms with E-state index in [9.17, 15) is 4.79 Å². The van der Waals surface area contributed by atoms with Gasteiger partial charge in [0.25, 0.3) is 0 Å². The molecule has 0 saturated carbocycles. The third-order valence-electron chi connectivity index (χ3n) is 4.56. The molecule has 1 amide bonds. The van der Waals surface area contributed by atoms with E-state index in [-0.39, 0.29) is 5.91 Å². The van der Waals surface area contributed by atoms with Gasteiger partial charge in [-0.2, -0.15) is 0 Å². The summed E-state index contributed by atoms with van der Waals surface area (Å²) in [4.78, 5) is 18.4. The maximum absolute atomic E-state index is 11.5. The lowest BCUT2D eigenvalue weighted by Gasteiger charge is -2.24. The van der Waals surface area contributed by atoms with Crippen molar-refractivity contribution in [3.63, 3.8) is 0 Å². The van der Waals surface area contributed by atoms with Crippen LogP contribution >= 0.6 is 0 Å². The summed E-state index contributed by atoms with van der Waals surface area (Å²) in [5, 5.41) is 3.10. The average Bonchev–Trinajstić information content (AvgIpc) is 3.14. The van der Waals surface area contributed by atoms with Gasteiger partial charge in [-0.15, -0.1) is 0 Å². The van der Waals surface area contributed by atoms with Crippen molar-refractivity contribution in [3.05, 3.63) is 42.3 Å². The first-order valence-electron chi connectivity index (χ1n) is 7.79. The molecule has 1 aromatic carbocycles. The molecule has 0 bridgehead atoms. The Kier molecular flexibility index (Phi) is 3.42. The molecule has 2 saturated heterocycles. The van der Waals surface area contributed by atoms with Crippen LogP contribution in [0.25, 0.3) is 11.5 Å². The number of hydrogen-bond acceptors (Lipinski definition) is 4. The fourth-order valence-corrected chi connectivity index (χ4v) is 3.46. The highest BCUT2D eigenvalue weighted by atomic mass is 16.3. The minimum absolute atomic E-state index is 0.191. The van der Waals surface area contributed by atoms with E-state index >= 15 is 0 Å². The molecular formula is C17H19N3O2. The van der Waals surface area contributed by atoms with Gasteiger partial charge in [-0.25, -0.2) is 4.98 Å². The van der Waals surface area contributed by atoms with Crippen LogP contribution in [0.15, 0.2) is 41.0 Å². The van der Waals surface area contributed by atoms with E-state index in [4.69, 9.17) is 4.42 Å². The monoisotopic (exact) mass is 297 g/mol. The summed E-state index contributed by atoms with van der Waals surface area (Å²) in [6.07, 6.45) is 3.40. The van der Waals surface area contributed by atoms with Crippen molar-refractivity contribution in [3.8, 4) is 11.5 Å². The number of oxazole rings is 1. The zero-order valence-corrected chi connectivity index (χ0v) is 12.4. The molecule has 0 aliphatic carbocycles. The van der Waals surface area contributed by atoms with Crippen LogP contribution < -0.4 is 5.32 Å². The summed E-state index contributed by atoms with van der Waals surface area (Å²) in [5.41, 5.74) is 1.94. The molecule has 5 nitrogen and oxygen atoms in total. The Morgan fingerprint density at radius 3 is 3.00 bits per heavy atom. The van der Waals surface area contributed by atoms with Crippen LogP contribution in [0.4, 0.5) is 0 Å². The topological polar surface area (TPSA) is 58.4 Å². The first-order valence-corrected chi connectivity index (χ1v) is 7.79. The Hall–Kier alpha value is -2.14. The molecule has 1 aromatic heterocycles. The van der Waals surface area contributed by atoms with Gasteiger partial charge in [0, 0.05) is 37.7 Å². The third kappa shape index (κ3) is 2.64. The number of rotatable bonds is 3. The number of piperidine rings is 1. The molecule has 4 rings (SSSR count). The zero-order chi connectivity index (χ0) is 14.9. The van der Waals surface area contributed by atoms with Gasteiger partial charge in [0.15, 0.2) is 0 Å². The molecular weight excluding hydrogens is 278 g/mol. The molecule has 0 spiro atoms. The van der Waals surface area contributed by atoms with Gasteiger partial charge in [-0.1, -0.05) is 18.2 Å². The van der Waals surface area contributed by atoms with Crippen LogP contribution in [0.1, 0.15) is 18.5 Å². The van der Waals surface area contributed by atoms with Crippen molar-refractivity contribution < 1.29 is 9.21 Å². The number of carbonyl (C=O) groups is 1. The SMILES string of the molecule is O=C1CCC2CN(Cc3coc(-c4ccccc4)n3)CC2N1. The number of amides is 1. The number of nitrogens with one attached hydrogen (secondary N) is 1. The molecule has 2 atom stereocenters. The zero-order valence-electron chi connectivity index (χ0n) is 12.4. The second kappa shape index (κ2) is 5.57. The van der Waals surface area contributed by atoms with Crippen LogP contribution in [0.5, 0.6) is 0 Å². The average molecular weight is 297 g/mol. The van der Waals surface area contributed by atoms with Gasteiger partial charge in [0.05, 0.1) is 5.69 Å². The second-order valence-electron chi connectivity index (χ2n) is 6.18. The number of carbonyl (C=O) groups excluding carboxylic acids is 1. The van der Waals surface area contributed by atoms with Crippen molar-refractivity contribution in [2.24, 2.45) is 5.92 Å². The van der Waals surface area contributed by atoms with Crippen molar-refractivity contribution in [2.45, 2.75) is 25.4 Å².